The zero-order valence-electron chi connectivity index (χ0n) is 7.58. The van der Waals surface area contributed by atoms with Crippen molar-refractivity contribution in [2.75, 3.05) is 20.3 Å². The molecule has 12 heavy (non-hydrogen) atoms. The Hall–Kier alpha value is -1.02. The Balaban J connectivity index is 3.31. The molecule has 0 aromatic heterocycles. The Morgan fingerprint density at radius 3 is 2.75 bits per heavy atom. The van der Waals surface area contributed by atoms with E-state index in [9.17, 15) is 0 Å². The van der Waals surface area contributed by atoms with Crippen LogP contribution < -0.4 is 0 Å². The minimum absolute atomic E-state index is 0.647. The molecule has 0 aromatic carbocycles. The summed E-state index contributed by atoms with van der Waals surface area (Å²) < 4.78 is 10.1. The summed E-state index contributed by atoms with van der Waals surface area (Å²) in [4.78, 5) is 0. The Morgan fingerprint density at radius 1 is 1.42 bits per heavy atom. The number of hydrogen-bond donors (Lipinski definition) is 0. The highest BCUT2D eigenvalue weighted by Gasteiger charge is 1.88. The maximum Gasteiger partial charge on any atom is 0.112 e. The van der Waals surface area contributed by atoms with Gasteiger partial charge in [0.2, 0.25) is 0 Å². The number of rotatable bonds is 7. The highest BCUT2D eigenvalue weighted by atomic mass is 16.5. The topological polar surface area (TPSA) is 18.5 Å². The van der Waals surface area contributed by atoms with Gasteiger partial charge in [-0.15, -0.1) is 0 Å². The van der Waals surface area contributed by atoms with Crippen LogP contribution in [0.1, 0.15) is 6.42 Å². The van der Waals surface area contributed by atoms with Crippen LogP contribution in [-0.4, -0.2) is 20.3 Å². The molecule has 0 aliphatic rings. The molecule has 0 unspecified atom stereocenters. The molecule has 0 bridgehead atoms. The zero-order chi connectivity index (χ0) is 9.23. The first-order valence-corrected chi connectivity index (χ1v) is 3.91. The van der Waals surface area contributed by atoms with Crippen molar-refractivity contribution in [2.24, 2.45) is 0 Å². The highest BCUT2D eigenvalue weighted by molar-refractivity contribution is 5.12. The van der Waals surface area contributed by atoms with E-state index in [0.29, 0.717) is 12.4 Å². The van der Waals surface area contributed by atoms with E-state index in [4.69, 9.17) is 9.47 Å². The van der Waals surface area contributed by atoms with Crippen molar-refractivity contribution in [2.45, 2.75) is 6.42 Å². The summed E-state index contributed by atoms with van der Waals surface area (Å²) >= 11 is 0. The van der Waals surface area contributed by atoms with E-state index in [1.807, 2.05) is 0 Å². The lowest BCUT2D eigenvalue weighted by Gasteiger charge is -2.03. The van der Waals surface area contributed by atoms with Crippen molar-refractivity contribution in [3.05, 3.63) is 37.1 Å². The van der Waals surface area contributed by atoms with Crippen LogP contribution in [0.5, 0.6) is 0 Å². The molecule has 0 fully saturated rings. The second-order valence-electron chi connectivity index (χ2n) is 2.26. The lowest BCUT2D eigenvalue weighted by atomic mass is 10.4. The van der Waals surface area contributed by atoms with E-state index < -0.39 is 0 Å². The molecule has 0 aromatic rings. The highest BCUT2D eigenvalue weighted by Crippen LogP contribution is 1.96. The van der Waals surface area contributed by atoms with Crippen LogP contribution in [0.4, 0.5) is 0 Å². The van der Waals surface area contributed by atoms with Crippen LogP contribution in [0.3, 0.4) is 0 Å². The second-order valence-corrected chi connectivity index (χ2v) is 2.26. The summed E-state index contributed by atoms with van der Waals surface area (Å²) in [7, 11) is 1.67. The van der Waals surface area contributed by atoms with Gasteiger partial charge < -0.3 is 9.47 Å². The minimum Gasteiger partial charge on any atom is -0.494 e. The number of hydrogen-bond acceptors (Lipinski definition) is 2. The van der Waals surface area contributed by atoms with Gasteiger partial charge in [0.05, 0.1) is 6.61 Å². The zero-order valence-corrected chi connectivity index (χ0v) is 7.58. The number of allylic oxidation sites excluding steroid dienone is 3. The van der Waals surface area contributed by atoms with Crippen LogP contribution >= 0.6 is 0 Å². The van der Waals surface area contributed by atoms with Gasteiger partial charge in [0.15, 0.2) is 0 Å². The third-order valence-corrected chi connectivity index (χ3v) is 1.20. The SMILES string of the molecule is C=C/C=C\C(=C)OCCCOC. The molecule has 0 N–H and O–H groups in total. The fourth-order valence-corrected chi connectivity index (χ4v) is 0.630. The predicted molar refractivity (Wildman–Crippen MR) is 50.9 cm³/mol. The first-order valence-electron chi connectivity index (χ1n) is 3.91. The molecule has 0 radical (unpaired) electrons. The summed E-state index contributed by atoms with van der Waals surface area (Å²) in [6.07, 6.45) is 6.14. The Kier molecular flexibility index (Phi) is 7.39. The van der Waals surface area contributed by atoms with Crippen LogP contribution in [-0.2, 0) is 9.47 Å². The molecule has 0 rings (SSSR count). The lowest BCUT2D eigenvalue weighted by Crippen LogP contribution is -1.97. The standard InChI is InChI=1S/C10H16O2/c1-4-5-7-10(2)12-9-6-8-11-3/h4-5,7H,1-2,6,8-9H2,3H3/b7-5-. The van der Waals surface area contributed by atoms with Crippen LogP contribution in [0, 0.1) is 0 Å². The first kappa shape index (κ1) is 11.0. The van der Waals surface area contributed by atoms with Crippen molar-refractivity contribution in [3.8, 4) is 0 Å². The Labute approximate surface area is 74.2 Å². The molecule has 0 saturated carbocycles. The van der Waals surface area contributed by atoms with Gasteiger partial charge in [-0.25, -0.2) is 0 Å². The summed E-state index contributed by atoms with van der Waals surface area (Å²) in [5.41, 5.74) is 0. The minimum atomic E-state index is 0.647. The fourth-order valence-electron chi connectivity index (χ4n) is 0.630. The summed E-state index contributed by atoms with van der Waals surface area (Å²) in [6, 6.07) is 0. The second kappa shape index (κ2) is 8.08. The monoisotopic (exact) mass is 168 g/mol. The summed E-state index contributed by atoms with van der Waals surface area (Å²) in [5.74, 6) is 0.658. The lowest BCUT2D eigenvalue weighted by molar-refractivity contribution is 0.150. The van der Waals surface area contributed by atoms with Crippen molar-refractivity contribution in [1.29, 1.82) is 0 Å². The number of methoxy groups -OCH3 is 1. The van der Waals surface area contributed by atoms with Crippen LogP contribution in [0.2, 0.25) is 0 Å². The number of ether oxygens (including phenoxy) is 2. The van der Waals surface area contributed by atoms with Crippen molar-refractivity contribution in [1.82, 2.24) is 0 Å². The normalized spacial score (nSPS) is 10.1. The smallest absolute Gasteiger partial charge is 0.112 e. The summed E-state index contributed by atoms with van der Waals surface area (Å²) in [5, 5.41) is 0. The maximum absolute atomic E-state index is 5.24. The van der Waals surface area contributed by atoms with Crippen molar-refractivity contribution < 1.29 is 9.47 Å². The molecule has 0 saturated heterocycles. The van der Waals surface area contributed by atoms with Gasteiger partial charge in [0.25, 0.3) is 0 Å². The van der Waals surface area contributed by atoms with Gasteiger partial charge in [-0.3, -0.25) is 0 Å². The van der Waals surface area contributed by atoms with E-state index in [2.05, 4.69) is 13.2 Å². The maximum atomic E-state index is 5.24. The molecule has 0 spiro atoms. The average Bonchev–Trinajstić information content (AvgIpc) is 2.09. The largest absolute Gasteiger partial charge is 0.494 e. The van der Waals surface area contributed by atoms with Crippen molar-refractivity contribution in [3.63, 3.8) is 0 Å². The van der Waals surface area contributed by atoms with E-state index in [1.165, 1.54) is 0 Å². The van der Waals surface area contributed by atoms with E-state index in [-0.39, 0.29) is 0 Å². The molecule has 0 atom stereocenters. The van der Waals surface area contributed by atoms with Gasteiger partial charge in [-0.2, -0.15) is 0 Å². The molecule has 0 aliphatic carbocycles. The Morgan fingerprint density at radius 2 is 2.17 bits per heavy atom. The van der Waals surface area contributed by atoms with E-state index >= 15 is 0 Å². The molecule has 2 heteroatoms. The fraction of sp³-hybridized carbons (Fsp3) is 0.400. The van der Waals surface area contributed by atoms with Gasteiger partial charge in [-0.05, 0) is 6.08 Å². The predicted octanol–water partition coefficient (Wildman–Crippen LogP) is 2.30. The molecule has 68 valence electrons. The molecule has 0 amide bonds. The van der Waals surface area contributed by atoms with E-state index in [1.54, 1.807) is 25.3 Å². The molecular weight excluding hydrogens is 152 g/mol. The molecule has 0 heterocycles. The van der Waals surface area contributed by atoms with Gasteiger partial charge >= 0.3 is 0 Å². The van der Waals surface area contributed by atoms with Crippen LogP contribution in [0.25, 0.3) is 0 Å². The average molecular weight is 168 g/mol. The third-order valence-electron chi connectivity index (χ3n) is 1.20. The quantitative estimate of drug-likeness (QED) is 0.330. The van der Waals surface area contributed by atoms with E-state index in [0.717, 1.165) is 13.0 Å². The molecule has 0 aliphatic heterocycles. The first-order chi connectivity index (χ1) is 5.81. The van der Waals surface area contributed by atoms with Crippen LogP contribution in [0.15, 0.2) is 37.1 Å². The van der Waals surface area contributed by atoms with Crippen molar-refractivity contribution >= 4 is 0 Å². The Bertz CT molecular complexity index is 159. The summed E-state index contributed by atoms with van der Waals surface area (Å²) in [6.45, 7) is 8.60. The van der Waals surface area contributed by atoms with Gasteiger partial charge in [0.1, 0.15) is 5.76 Å². The molecular formula is C10H16O2. The van der Waals surface area contributed by atoms with Gasteiger partial charge in [0, 0.05) is 20.1 Å². The van der Waals surface area contributed by atoms with Gasteiger partial charge in [-0.1, -0.05) is 25.3 Å². The third kappa shape index (κ3) is 7.09. The molecule has 2 nitrogen and oxygen atoms in total.